The molecule has 0 N–H and O–H groups in total. The van der Waals surface area contributed by atoms with Crippen molar-refractivity contribution in [2.24, 2.45) is 0 Å². The summed E-state index contributed by atoms with van der Waals surface area (Å²) in [7, 11) is 0. The van der Waals surface area contributed by atoms with Crippen molar-refractivity contribution in [2.75, 3.05) is 13.1 Å². The summed E-state index contributed by atoms with van der Waals surface area (Å²) in [5.74, 6) is -0.679. The van der Waals surface area contributed by atoms with Gasteiger partial charge in [-0.3, -0.25) is 19.3 Å². The van der Waals surface area contributed by atoms with Gasteiger partial charge in [0.2, 0.25) is 11.8 Å². The van der Waals surface area contributed by atoms with Crippen molar-refractivity contribution < 1.29 is 27.6 Å². The molecule has 3 rings (SSSR count). The number of carbonyl (C=O) groups excluding carboxylic acids is 3. The van der Waals surface area contributed by atoms with Gasteiger partial charge in [-0.25, -0.2) is 0 Å². The first-order valence-corrected chi connectivity index (χ1v) is 8.09. The third-order valence-corrected chi connectivity index (χ3v) is 4.67. The van der Waals surface area contributed by atoms with Crippen molar-refractivity contribution >= 4 is 17.7 Å². The molecule has 2 aliphatic heterocycles. The Hall–Kier alpha value is -2.38. The van der Waals surface area contributed by atoms with Crippen LogP contribution >= 0.6 is 0 Å². The lowest BCUT2D eigenvalue weighted by Crippen LogP contribution is -2.48. The van der Waals surface area contributed by atoms with Crippen LogP contribution in [0.2, 0.25) is 0 Å². The highest BCUT2D eigenvalue weighted by Crippen LogP contribution is 2.29. The molecule has 25 heavy (non-hydrogen) atoms. The number of hydrogen-bond donors (Lipinski definition) is 0. The fourth-order valence-electron chi connectivity index (χ4n) is 3.31. The molecule has 2 heterocycles. The second-order valence-corrected chi connectivity index (χ2v) is 6.26. The van der Waals surface area contributed by atoms with E-state index in [2.05, 4.69) is 0 Å². The van der Waals surface area contributed by atoms with Crippen LogP contribution in [0.15, 0.2) is 24.3 Å². The number of amides is 3. The molecular formula is C17H17F3N2O3. The number of nitrogens with zero attached hydrogens (tertiary/aromatic N) is 2. The van der Waals surface area contributed by atoms with E-state index in [1.165, 1.54) is 17.0 Å². The van der Waals surface area contributed by atoms with E-state index in [0.717, 1.165) is 12.1 Å². The average molecular weight is 354 g/mol. The molecule has 0 radical (unpaired) electrons. The first kappa shape index (κ1) is 17.4. The Morgan fingerprint density at radius 1 is 0.960 bits per heavy atom. The molecule has 2 aliphatic rings. The first-order valence-electron chi connectivity index (χ1n) is 8.09. The lowest BCUT2D eigenvalue weighted by molar-refractivity contribution is -0.142. The van der Waals surface area contributed by atoms with E-state index in [1.54, 1.807) is 4.90 Å². The summed E-state index contributed by atoms with van der Waals surface area (Å²) in [5, 5.41) is 0. The fourth-order valence-corrected chi connectivity index (χ4v) is 3.31. The number of carbonyl (C=O) groups is 3. The molecule has 0 unspecified atom stereocenters. The van der Waals surface area contributed by atoms with Gasteiger partial charge in [0, 0.05) is 37.5 Å². The van der Waals surface area contributed by atoms with Crippen LogP contribution in [0.3, 0.4) is 0 Å². The number of imide groups is 1. The molecule has 2 fully saturated rings. The maximum Gasteiger partial charge on any atom is 0.416 e. The summed E-state index contributed by atoms with van der Waals surface area (Å²) in [4.78, 5) is 38.8. The van der Waals surface area contributed by atoms with E-state index in [1.807, 2.05) is 0 Å². The van der Waals surface area contributed by atoms with Gasteiger partial charge in [-0.1, -0.05) is 0 Å². The van der Waals surface area contributed by atoms with E-state index in [-0.39, 0.29) is 42.2 Å². The monoisotopic (exact) mass is 354 g/mol. The van der Waals surface area contributed by atoms with Crippen LogP contribution in [0.25, 0.3) is 0 Å². The van der Waals surface area contributed by atoms with E-state index in [4.69, 9.17) is 0 Å². The van der Waals surface area contributed by atoms with Crippen LogP contribution in [-0.4, -0.2) is 46.7 Å². The summed E-state index contributed by atoms with van der Waals surface area (Å²) in [6, 6.07) is 3.93. The van der Waals surface area contributed by atoms with Crippen LogP contribution in [0.5, 0.6) is 0 Å². The standard InChI is InChI=1S/C17H17F3N2O3/c18-17(19,20)12-3-1-11(2-4-12)16(25)21-9-7-13(8-10-21)22-14(23)5-6-15(22)24/h1-4,13H,5-10H2. The first-order chi connectivity index (χ1) is 11.8. The zero-order valence-electron chi connectivity index (χ0n) is 13.4. The predicted molar refractivity (Wildman–Crippen MR) is 81.5 cm³/mol. The van der Waals surface area contributed by atoms with Crippen molar-refractivity contribution in [3.05, 3.63) is 35.4 Å². The van der Waals surface area contributed by atoms with Gasteiger partial charge in [-0.15, -0.1) is 0 Å². The van der Waals surface area contributed by atoms with Crippen molar-refractivity contribution in [2.45, 2.75) is 37.9 Å². The molecule has 2 saturated heterocycles. The lowest BCUT2D eigenvalue weighted by Gasteiger charge is -2.35. The highest BCUT2D eigenvalue weighted by atomic mass is 19.4. The topological polar surface area (TPSA) is 57.7 Å². The minimum Gasteiger partial charge on any atom is -0.338 e. The second kappa shape index (κ2) is 6.50. The fraction of sp³-hybridized carbons (Fsp3) is 0.471. The van der Waals surface area contributed by atoms with Crippen LogP contribution in [0, 0.1) is 0 Å². The Balaban J connectivity index is 1.62. The number of rotatable bonds is 2. The summed E-state index contributed by atoms with van der Waals surface area (Å²) in [6.45, 7) is 0.725. The zero-order valence-corrected chi connectivity index (χ0v) is 13.4. The number of halogens is 3. The number of alkyl halides is 3. The Morgan fingerprint density at radius 2 is 1.48 bits per heavy atom. The zero-order chi connectivity index (χ0) is 18.2. The van der Waals surface area contributed by atoms with Crippen LogP contribution < -0.4 is 0 Å². The maximum atomic E-state index is 12.6. The van der Waals surface area contributed by atoms with Crippen LogP contribution in [0.4, 0.5) is 13.2 Å². The Morgan fingerprint density at radius 3 is 1.96 bits per heavy atom. The molecule has 0 atom stereocenters. The molecule has 5 nitrogen and oxygen atoms in total. The third kappa shape index (κ3) is 3.52. The molecule has 134 valence electrons. The molecule has 3 amide bonds. The summed E-state index contributed by atoms with van der Waals surface area (Å²) >= 11 is 0. The maximum absolute atomic E-state index is 12.6. The van der Waals surface area contributed by atoms with Gasteiger partial charge < -0.3 is 4.90 Å². The summed E-state index contributed by atoms with van der Waals surface area (Å²) in [5.41, 5.74) is -0.603. The van der Waals surface area contributed by atoms with Crippen molar-refractivity contribution in [1.29, 1.82) is 0 Å². The van der Waals surface area contributed by atoms with Crippen LogP contribution in [-0.2, 0) is 15.8 Å². The van der Waals surface area contributed by atoms with E-state index < -0.39 is 11.7 Å². The summed E-state index contributed by atoms with van der Waals surface area (Å²) in [6.07, 6.45) is -2.98. The van der Waals surface area contributed by atoms with Gasteiger partial charge >= 0.3 is 6.18 Å². The normalized spacial score (nSPS) is 19.6. The summed E-state index contributed by atoms with van der Waals surface area (Å²) < 4.78 is 37.7. The van der Waals surface area contributed by atoms with Gasteiger partial charge in [0.15, 0.2) is 0 Å². The molecule has 0 bridgehead atoms. The van der Waals surface area contributed by atoms with Crippen LogP contribution in [0.1, 0.15) is 41.6 Å². The largest absolute Gasteiger partial charge is 0.416 e. The minimum atomic E-state index is -4.44. The molecule has 0 aliphatic carbocycles. The van der Waals surface area contributed by atoms with E-state index in [9.17, 15) is 27.6 Å². The second-order valence-electron chi connectivity index (χ2n) is 6.26. The number of benzene rings is 1. The third-order valence-electron chi connectivity index (χ3n) is 4.67. The predicted octanol–water partition coefficient (Wildman–Crippen LogP) is 2.46. The van der Waals surface area contributed by atoms with Gasteiger partial charge in [0.25, 0.3) is 5.91 Å². The highest BCUT2D eigenvalue weighted by molar-refractivity contribution is 6.02. The SMILES string of the molecule is O=C(c1ccc(C(F)(F)F)cc1)N1CCC(N2C(=O)CCC2=O)CC1. The molecule has 0 aromatic heterocycles. The van der Waals surface area contributed by atoms with Gasteiger partial charge in [-0.2, -0.15) is 13.2 Å². The smallest absolute Gasteiger partial charge is 0.338 e. The highest BCUT2D eigenvalue weighted by Gasteiger charge is 2.37. The molecular weight excluding hydrogens is 337 g/mol. The molecule has 1 aromatic rings. The number of hydrogen-bond acceptors (Lipinski definition) is 3. The van der Waals surface area contributed by atoms with Crippen molar-refractivity contribution in [1.82, 2.24) is 9.80 Å². The van der Waals surface area contributed by atoms with E-state index in [0.29, 0.717) is 25.9 Å². The van der Waals surface area contributed by atoms with Crippen molar-refractivity contribution in [3.8, 4) is 0 Å². The minimum absolute atomic E-state index is 0.169. The van der Waals surface area contributed by atoms with Crippen molar-refractivity contribution in [3.63, 3.8) is 0 Å². The van der Waals surface area contributed by atoms with Gasteiger partial charge in [0.1, 0.15) is 0 Å². The number of piperidine rings is 1. The molecule has 0 saturated carbocycles. The van der Waals surface area contributed by atoms with Gasteiger partial charge in [0.05, 0.1) is 5.56 Å². The quantitative estimate of drug-likeness (QED) is 0.767. The van der Waals surface area contributed by atoms with Gasteiger partial charge in [-0.05, 0) is 37.1 Å². The molecule has 0 spiro atoms. The molecule has 8 heteroatoms. The Bertz CT molecular complexity index is 676. The Labute approximate surface area is 142 Å². The Kier molecular flexibility index (Phi) is 4.53. The average Bonchev–Trinajstić information content (AvgIpc) is 2.92. The lowest BCUT2D eigenvalue weighted by atomic mass is 10.0. The van der Waals surface area contributed by atoms with E-state index >= 15 is 0 Å². The number of likely N-dealkylation sites (tertiary alicyclic amines) is 2. The molecule has 1 aromatic carbocycles.